The quantitative estimate of drug-likeness (QED) is 0.137. The van der Waals surface area contributed by atoms with Crippen LogP contribution in [0.5, 0.6) is 0 Å². The molecule has 1 aromatic carbocycles. The van der Waals surface area contributed by atoms with E-state index < -0.39 is 14.1 Å². The number of hydrogen-bond donors (Lipinski definition) is 3. The third-order valence-electron chi connectivity index (χ3n) is 4.67. The number of hydrogen-bond acceptors (Lipinski definition) is 7. The summed E-state index contributed by atoms with van der Waals surface area (Å²) in [4.78, 5) is 34.0. The normalized spacial score (nSPS) is 17.2. The van der Waals surface area contributed by atoms with Gasteiger partial charge in [-0.25, -0.2) is 15.0 Å². The SMILES string of the molecule is C[N+](C)(C)C(O)COP(=O)(O)OCCCCCCNN1C(=O)c2ccccc2C1=O. The van der Waals surface area contributed by atoms with Gasteiger partial charge < -0.3 is 14.5 Å². The first-order valence-corrected chi connectivity index (χ1v) is 11.3. The Bertz CT molecular complexity index is 762. The molecule has 0 radical (unpaired) electrons. The summed E-state index contributed by atoms with van der Waals surface area (Å²) in [5.74, 6) is -0.698. The van der Waals surface area contributed by atoms with Gasteiger partial charge in [0.2, 0.25) is 6.23 Å². The van der Waals surface area contributed by atoms with E-state index in [4.69, 9.17) is 9.05 Å². The fourth-order valence-electron chi connectivity index (χ4n) is 2.71. The van der Waals surface area contributed by atoms with Crippen molar-refractivity contribution in [3.63, 3.8) is 0 Å². The van der Waals surface area contributed by atoms with Crippen molar-refractivity contribution in [2.45, 2.75) is 31.9 Å². The lowest BCUT2D eigenvalue weighted by molar-refractivity contribution is -0.918. The first kappa shape index (κ1) is 24.6. The minimum Gasteiger partial charge on any atom is -0.343 e. The number of amides is 2. The van der Waals surface area contributed by atoms with Crippen LogP contribution in [0.2, 0.25) is 0 Å². The minimum atomic E-state index is -4.20. The molecular weight excluding hydrogens is 413 g/mol. The Morgan fingerprint density at radius 1 is 1.03 bits per heavy atom. The van der Waals surface area contributed by atoms with E-state index in [9.17, 15) is 24.2 Å². The number of quaternary nitrogens is 1. The van der Waals surface area contributed by atoms with Crippen molar-refractivity contribution in [1.82, 2.24) is 10.4 Å². The summed E-state index contributed by atoms with van der Waals surface area (Å²) in [6.45, 7) is 0.206. The Labute approximate surface area is 176 Å². The largest absolute Gasteiger partial charge is 0.472 e. The molecule has 10 nitrogen and oxygen atoms in total. The summed E-state index contributed by atoms with van der Waals surface area (Å²) in [6, 6.07) is 6.70. The summed E-state index contributed by atoms with van der Waals surface area (Å²) < 4.78 is 21.7. The summed E-state index contributed by atoms with van der Waals surface area (Å²) in [5.41, 5.74) is 3.66. The predicted molar refractivity (Wildman–Crippen MR) is 109 cm³/mol. The highest BCUT2D eigenvalue weighted by atomic mass is 31.2. The first-order valence-electron chi connectivity index (χ1n) is 9.85. The van der Waals surface area contributed by atoms with Gasteiger partial charge in [-0.15, -0.1) is 0 Å². The number of nitrogens with zero attached hydrogens (tertiary/aromatic N) is 2. The molecule has 1 aromatic rings. The molecule has 168 valence electrons. The molecule has 0 saturated heterocycles. The second-order valence-corrected chi connectivity index (χ2v) is 9.46. The van der Waals surface area contributed by atoms with E-state index >= 15 is 0 Å². The van der Waals surface area contributed by atoms with E-state index in [1.54, 1.807) is 45.4 Å². The number of carbonyl (C=O) groups excluding carboxylic acids is 2. The van der Waals surface area contributed by atoms with Gasteiger partial charge in [0.1, 0.15) is 6.61 Å². The monoisotopic (exact) mass is 444 g/mol. The average molecular weight is 444 g/mol. The van der Waals surface area contributed by atoms with Crippen LogP contribution in [0.1, 0.15) is 46.4 Å². The highest BCUT2D eigenvalue weighted by molar-refractivity contribution is 7.47. The van der Waals surface area contributed by atoms with Gasteiger partial charge >= 0.3 is 7.82 Å². The molecule has 2 atom stereocenters. The van der Waals surface area contributed by atoms with E-state index in [0.29, 0.717) is 24.1 Å². The summed E-state index contributed by atoms with van der Waals surface area (Å²) in [7, 11) is 1.01. The smallest absolute Gasteiger partial charge is 0.343 e. The predicted octanol–water partition coefficient (Wildman–Crippen LogP) is 1.51. The number of benzene rings is 1. The van der Waals surface area contributed by atoms with E-state index in [2.05, 4.69) is 5.43 Å². The molecule has 1 aliphatic rings. The van der Waals surface area contributed by atoms with Crippen molar-refractivity contribution in [1.29, 1.82) is 0 Å². The number of rotatable bonds is 13. The average Bonchev–Trinajstić information content (AvgIpc) is 2.92. The van der Waals surface area contributed by atoms with E-state index in [-0.39, 0.29) is 29.5 Å². The molecule has 1 aliphatic heterocycles. The van der Waals surface area contributed by atoms with Gasteiger partial charge in [0, 0.05) is 6.54 Å². The van der Waals surface area contributed by atoms with Crippen LogP contribution in [-0.2, 0) is 13.6 Å². The third-order valence-corrected chi connectivity index (χ3v) is 5.65. The van der Waals surface area contributed by atoms with Gasteiger partial charge in [0.05, 0.1) is 38.9 Å². The number of unbranched alkanes of at least 4 members (excludes halogenated alkanes) is 3. The van der Waals surface area contributed by atoms with Crippen molar-refractivity contribution >= 4 is 19.6 Å². The fraction of sp³-hybridized carbons (Fsp3) is 0.579. The van der Waals surface area contributed by atoms with Crippen molar-refractivity contribution in [2.24, 2.45) is 0 Å². The molecule has 11 heteroatoms. The van der Waals surface area contributed by atoms with Gasteiger partial charge in [-0.1, -0.05) is 25.0 Å². The maximum Gasteiger partial charge on any atom is 0.472 e. The standard InChI is InChI=1S/C19H30N3O7P/c1-22(2,3)17(23)14-29-30(26,27)28-13-9-5-4-8-12-20-21-18(24)15-10-6-7-11-16(15)19(21)25/h6-7,10-11,17,20,23H,4-5,8-9,12-14H2,1-3H3/p+1. The number of nitrogens with one attached hydrogen (secondary N) is 1. The van der Waals surface area contributed by atoms with Crippen molar-refractivity contribution in [2.75, 3.05) is 40.9 Å². The second-order valence-electron chi connectivity index (χ2n) is 8.01. The van der Waals surface area contributed by atoms with E-state index in [1.807, 2.05) is 0 Å². The Balaban J connectivity index is 1.56. The van der Waals surface area contributed by atoms with Crippen molar-refractivity contribution in [3.05, 3.63) is 35.4 Å². The maximum atomic E-state index is 12.2. The summed E-state index contributed by atoms with van der Waals surface area (Å²) in [6.07, 6.45) is 1.86. The molecule has 2 rings (SSSR count). The zero-order valence-electron chi connectivity index (χ0n) is 17.6. The van der Waals surface area contributed by atoms with Gasteiger partial charge in [-0.3, -0.25) is 18.6 Å². The van der Waals surface area contributed by atoms with Crippen LogP contribution < -0.4 is 5.43 Å². The molecule has 0 aromatic heterocycles. The second kappa shape index (κ2) is 10.6. The zero-order chi connectivity index (χ0) is 22.4. The lowest BCUT2D eigenvalue weighted by Gasteiger charge is -2.29. The number of likely N-dealkylation sites (N-methyl/N-ethyl adjacent to an activating group) is 1. The summed E-state index contributed by atoms with van der Waals surface area (Å²) >= 11 is 0. The minimum absolute atomic E-state index is 0.0556. The van der Waals surface area contributed by atoms with Gasteiger partial charge in [0.25, 0.3) is 11.8 Å². The number of aliphatic hydroxyl groups is 1. The lowest BCUT2D eigenvalue weighted by Crippen LogP contribution is -2.47. The van der Waals surface area contributed by atoms with Crippen LogP contribution in [0.25, 0.3) is 0 Å². The molecule has 3 N–H and O–H groups in total. The van der Waals surface area contributed by atoms with Gasteiger partial charge in [0.15, 0.2) is 0 Å². The molecule has 2 unspecified atom stereocenters. The molecule has 0 spiro atoms. The van der Waals surface area contributed by atoms with Crippen LogP contribution in [0.3, 0.4) is 0 Å². The fourth-order valence-corrected chi connectivity index (χ4v) is 3.46. The molecule has 1 heterocycles. The highest BCUT2D eigenvalue weighted by Crippen LogP contribution is 2.43. The molecule has 30 heavy (non-hydrogen) atoms. The number of phosphoric acid groups is 1. The molecule has 0 aliphatic carbocycles. The Morgan fingerprint density at radius 2 is 1.60 bits per heavy atom. The molecule has 0 saturated carbocycles. The van der Waals surface area contributed by atoms with Crippen LogP contribution in [0.4, 0.5) is 0 Å². The van der Waals surface area contributed by atoms with Crippen LogP contribution in [-0.4, -0.2) is 78.4 Å². The topological polar surface area (TPSA) is 125 Å². The van der Waals surface area contributed by atoms with Crippen molar-refractivity contribution in [3.8, 4) is 0 Å². The lowest BCUT2D eigenvalue weighted by atomic mass is 10.1. The number of carbonyl (C=O) groups is 2. The number of fused-ring (bicyclic) bond motifs is 1. The molecule has 2 amide bonds. The Hall–Kier alpha value is -1.65. The highest BCUT2D eigenvalue weighted by Gasteiger charge is 2.35. The van der Waals surface area contributed by atoms with Crippen LogP contribution >= 0.6 is 7.82 Å². The van der Waals surface area contributed by atoms with Crippen LogP contribution in [0.15, 0.2) is 24.3 Å². The Morgan fingerprint density at radius 3 is 2.17 bits per heavy atom. The van der Waals surface area contributed by atoms with E-state index in [0.717, 1.165) is 24.3 Å². The molecule has 0 bridgehead atoms. The van der Waals surface area contributed by atoms with Crippen molar-refractivity contribution < 1.29 is 37.7 Å². The maximum absolute atomic E-state index is 12.2. The number of hydrazine groups is 1. The Kier molecular flexibility index (Phi) is 8.69. The van der Waals surface area contributed by atoms with Gasteiger partial charge in [-0.05, 0) is 25.0 Å². The van der Waals surface area contributed by atoms with E-state index in [1.165, 1.54) is 0 Å². The molecule has 0 fully saturated rings. The number of aliphatic hydroxyl groups excluding tert-OH is 1. The summed E-state index contributed by atoms with van der Waals surface area (Å²) in [5, 5.41) is 10.9. The first-order chi connectivity index (χ1) is 14.0. The third kappa shape index (κ3) is 6.95. The number of phosphoric ester groups is 1. The van der Waals surface area contributed by atoms with Gasteiger partial charge in [-0.2, -0.15) is 0 Å². The number of imide groups is 1. The molecular formula is C19H31N3O7P+. The van der Waals surface area contributed by atoms with Crippen LogP contribution in [0, 0.1) is 0 Å². The zero-order valence-corrected chi connectivity index (χ0v) is 18.5.